The molecule has 0 bridgehead atoms. The predicted molar refractivity (Wildman–Crippen MR) is 71.8 cm³/mol. The first-order valence-electron chi connectivity index (χ1n) is 4.69. The second-order valence-electron chi connectivity index (χ2n) is 2.76. The summed E-state index contributed by atoms with van der Waals surface area (Å²) >= 11 is 22.0. The van der Waals surface area contributed by atoms with Crippen LogP contribution in [-0.4, -0.2) is 24.3 Å². The van der Waals surface area contributed by atoms with Crippen LogP contribution in [-0.2, 0) is 0 Å². The van der Waals surface area contributed by atoms with E-state index in [-0.39, 0.29) is 24.3 Å². The summed E-state index contributed by atoms with van der Waals surface area (Å²) in [5.41, 5.74) is 0. The van der Waals surface area contributed by atoms with Gasteiger partial charge in [0.25, 0.3) is 0 Å². The Bertz CT molecular complexity index is 309. The van der Waals surface area contributed by atoms with E-state index < -0.39 is 0 Å². The van der Waals surface area contributed by atoms with Gasteiger partial charge in [0.15, 0.2) is 47.3 Å². The monoisotopic (exact) mass is 334 g/mol. The lowest BCUT2D eigenvalue weighted by molar-refractivity contribution is 0.306. The molecule has 0 aliphatic heterocycles. The maximum Gasteiger partial charge on any atom is 0.167 e. The maximum atomic E-state index is 5.51. The van der Waals surface area contributed by atoms with Crippen LogP contribution in [0.5, 0.6) is 23.0 Å². The number of ether oxygens (including phenoxy) is 4. The van der Waals surface area contributed by atoms with Crippen molar-refractivity contribution in [2.24, 2.45) is 0 Å². The number of benzene rings is 1. The van der Waals surface area contributed by atoms with Gasteiger partial charge in [-0.2, -0.15) is 0 Å². The molecule has 0 aliphatic rings. The fraction of sp³-hybridized carbons (Fsp3) is 0.400. The molecule has 0 saturated carbocycles. The van der Waals surface area contributed by atoms with Crippen LogP contribution >= 0.6 is 46.4 Å². The van der Waals surface area contributed by atoms with Gasteiger partial charge >= 0.3 is 0 Å². The van der Waals surface area contributed by atoms with Gasteiger partial charge in [-0.25, -0.2) is 0 Å². The van der Waals surface area contributed by atoms with Gasteiger partial charge in [-0.1, -0.05) is 46.4 Å². The molecule has 18 heavy (non-hydrogen) atoms. The van der Waals surface area contributed by atoms with Crippen molar-refractivity contribution in [2.45, 2.75) is 0 Å². The van der Waals surface area contributed by atoms with Crippen molar-refractivity contribution in [1.29, 1.82) is 0 Å². The molecule has 0 aliphatic carbocycles. The van der Waals surface area contributed by atoms with Crippen LogP contribution < -0.4 is 18.9 Å². The van der Waals surface area contributed by atoms with Gasteiger partial charge in [-0.3, -0.25) is 0 Å². The Balaban J connectivity index is 3.11. The van der Waals surface area contributed by atoms with Crippen molar-refractivity contribution >= 4 is 46.4 Å². The van der Waals surface area contributed by atoms with E-state index in [1.165, 1.54) is 12.1 Å². The molecule has 0 radical (unpaired) electrons. The van der Waals surface area contributed by atoms with Gasteiger partial charge in [0.2, 0.25) is 0 Å². The van der Waals surface area contributed by atoms with Crippen molar-refractivity contribution in [2.75, 3.05) is 24.3 Å². The Hall–Kier alpha value is -0.420. The molecule has 0 atom stereocenters. The molecule has 0 heterocycles. The third-order valence-electron chi connectivity index (χ3n) is 1.85. The zero-order valence-electron chi connectivity index (χ0n) is 9.13. The zero-order valence-corrected chi connectivity index (χ0v) is 12.2. The standard InChI is InChI=1S/C10H10Cl4O4/c11-3-15-7-1-8(16-4-12)10(18-6-14)2-9(7)17-5-13/h1-2H,3-6H2. The van der Waals surface area contributed by atoms with Crippen LogP contribution in [0.4, 0.5) is 0 Å². The first-order valence-corrected chi connectivity index (χ1v) is 6.83. The lowest BCUT2D eigenvalue weighted by atomic mass is 10.2. The second kappa shape index (κ2) is 8.64. The van der Waals surface area contributed by atoms with Crippen molar-refractivity contribution in [1.82, 2.24) is 0 Å². The molecule has 0 N–H and O–H groups in total. The highest BCUT2D eigenvalue weighted by Gasteiger charge is 2.14. The predicted octanol–water partition coefficient (Wildman–Crippen LogP) is 3.99. The molecule has 0 saturated heterocycles. The van der Waals surface area contributed by atoms with Crippen LogP contribution in [0.15, 0.2) is 12.1 Å². The van der Waals surface area contributed by atoms with E-state index in [2.05, 4.69) is 0 Å². The minimum Gasteiger partial charge on any atom is -0.474 e. The normalized spacial score (nSPS) is 10.0. The van der Waals surface area contributed by atoms with E-state index in [1.54, 1.807) is 0 Å². The molecular formula is C10H10Cl4O4. The largest absolute Gasteiger partial charge is 0.474 e. The summed E-state index contributed by atoms with van der Waals surface area (Å²) in [6.07, 6.45) is 0. The lowest BCUT2D eigenvalue weighted by Gasteiger charge is -2.15. The lowest BCUT2D eigenvalue weighted by Crippen LogP contribution is -2.01. The number of hydrogen-bond acceptors (Lipinski definition) is 4. The van der Waals surface area contributed by atoms with E-state index in [9.17, 15) is 0 Å². The average Bonchev–Trinajstić information content (AvgIpc) is 2.35. The summed E-state index contributed by atoms with van der Waals surface area (Å²) in [5.74, 6) is 1.47. The van der Waals surface area contributed by atoms with Crippen LogP contribution in [0.1, 0.15) is 0 Å². The summed E-state index contributed by atoms with van der Waals surface area (Å²) in [4.78, 5) is 0. The SMILES string of the molecule is ClCOc1cc(OCCl)c(OCCl)cc1OCCl. The van der Waals surface area contributed by atoms with E-state index in [0.29, 0.717) is 23.0 Å². The molecule has 1 aromatic rings. The summed E-state index contributed by atoms with van der Waals surface area (Å²) < 4.78 is 20.7. The summed E-state index contributed by atoms with van der Waals surface area (Å²) in [6.45, 7) is 0. The third-order valence-corrected chi connectivity index (χ3v) is 2.29. The molecule has 8 heteroatoms. The van der Waals surface area contributed by atoms with Gasteiger partial charge in [-0.15, -0.1) is 0 Å². The van der Waals surface area contributed by atoms with Crippen molar-refractivity contribution in [3.63, 3.8) is 0 Å². The van der Waals surface area contributed by atoms with Crippen LogP contribution in [0, 0.1) is 0 Å². The van der Waals surface area contributed by atoms with Gasteiger partial charge in [0.05, 0.1) is 0 Å². The topological polar surface area (TPSA) is 36.9 Å². The zero-order chi connectivity index (χ0) is 13.4. The quantitative estimate of drug-likeness (QED) is 0.673. The number of alkyl halides is 4. The first-order chi connectivity index (χ1) is 8.76. The average molecular weight is 336 g/mol. The molecule has 102 valence electrons. The van der Waals surface area contributed by atoms with Gasteiger partial charge in [0.1, 0.15) is 0 Å². The van der Waals surface area contributed by atoms with Gasteiger partial charge < -0.3 is 18.9 Å². The maximum absolute atomic E-state index is 5.51. The first kappa shape index (κ1) is 15.6. The Morgan fingerprint density at radius 3 is 0.944 bits per heavy atom. The van der Waals surface area contributed by atoms with E-state index in [0.717, 1.165) is 0 Å². The minimum absolute atomic E-state index is 0.0470. The van der Waals surface area contributed by atoms with Crippen LogP contribution in [0.3, 0.4) is 0 Å². The second-order valence-corrected chi connectivity index (χ2v) is 3.63. The smallest absolute Gasteiger partial charge is 0.167 e. The van der Waals surface area contributed by atoms with Gasteiger partial charge in [0, 0.05) is 12.1 Å². The molecule has 1 aromatic carbocycles. The highest BCUT2D eigenvalue weighted by molar-refractivity contribution is 6.18. The van der Waals surface area contributed by atoms with Crippen molar-refractivity contribution in [3.05, 3.63) is 12.1 Å². The highest BCUT2D eigenvalue weighted by Crippen LogP contribution is 2.40. The minimum atomic E-state index is -0.0470. The summed E-state index contributed by atoms with van der Waals surface area (Å²) in [7, 11) is 0. The Labute approximate surface area is 125 Å². The van der Waals surface area contributed by atoms with E-state index in [1.807, 2.05) is 0 Å². The molecule has 0 fully saturated rings. The van der Waals surface area contributed by atoms with E-state index >= 15 is 0 Å². The molecule has 0 amide bonds. The van der Waals surface area contributed by atoms with Crippen molar-refractivity contribution in [3.8, 4) is 23.0 Å². The number of rotatable bonds is 8. The van der Waals surface area contributed by atoms with Crippen molar-refractivity contribution < 1.29 is 18.9 Å². The fourth-order valence-electron chi connectivity index (χ4n) is 1.21. The third kappa shape index (κ3) is 4.35. The molecule has 0 spiro atoms. The fourth-order valence-corrected chi connectivity index (χ4v) is 1.68. The molecule has 4 nitrogen and oxygen atoms in total. The highest BCUT2D eigenvalue weighted by atomic mass is 35.5. The number of hydrogen-bond donors (Lipinski definition) is 0. The molecule has 1 rings (SSSR count). The van der Waals surface area contributed by atoms with Crippen LogP contribution in [0.25, 0.3) is 0 Å². The summed E-state index contributed by atoms with van der Waals surface area (Å²) in [6, 6.07) is 2.88. The van der Waals surface area contributed by atoms with Gasteiger partial charge in [-0.05, 0) is 0 Å². The summed E-state index contributed by atoms with van der Waals surface area (Å²) in [5, 5.41) is 0. The van der Waals surface area contributed by atoms with E-state index in [4.69, 9.17) is 65.4 Å². The molecule has 0 aromatic heterocycles. The Morgan fingerprint density at radius 1 is 0.556 bits per heavy atom. The molecular weight excluding hydrogens is 326 g/mol. The number of halogens is 4. The Kier molecular flexibility index (Phi) is 7.51. The Morgan fingerprint density at radius 2 is 0.778 bits per heavy atom. The molecule has 0 unspecified atom stereocenters. The van der Waals surface area contributed by atoms with Crippen LogP contribution in [0.2, 0.25) is 0 Å².